The highest BCUT2D eigenvalue weighted by Crippen LogP contribution is 2.26. The van der Waals surface area contributed by atoms with Gasteiger partial charge in [-0.3, -0.25) is 9.69 Å². The molecule has 0 bridgehead atoms. The van der Waals surface area contributed by atoms with Crippen LogP contribution in [0.1, 0.15) is 16.5 Å². The number of benzene rings is 1. The molecule has 1 aromatic carbocycles. The highest BCUT2D eigenvalue weighted by molar-refractivity contribution is 7.91. The first-order chi connectivity index (χ1) is 11.9. The number of rotatable bonds is 5. The van der Waals surface area contributed by atoms with Crippen LogP contribution < -0.4 is 5.32 Å². The number of carbonyl (C=O) groups is 1. The fraction of sp³-hybridized carbons (Fsp3) is 0.353. The zero-order chi connectivity index (χ0) is 17.9. The van der Waals surface area contributed by atoms with E-state index in [2.05, 4.69) is 5.32 Å². The minimum Gasteiger partial charge on any atom is -0.343 e. The Morgan fingerprint density at radius 3 is 2.48 bits per heavy atom. The Hall–Kier alpha value is -1.77. The Morgan fingerprint density at radius 1 is 1.20 bits per heavy atom. The molecule has 1 aliphatic heterocycles. The van der Waals surface area contributed by atoms with Crippen LogP contribution in [0.25, 0.3) is 0 Å². The Bertz CT molecular complexity index is 806. The van der Waals surface area contributed by atoms with Crippen molar-refractivity contribution < 1.29 is 17.6 Å². The van der Waals surface area contributed by atoms with Crippen LogP contribution in [0, 0.1) is 5.82 Å². The fourth-order valence-corrected chi connectivity index (χ4v) is 4.83. The molecule has 1 aromatic heterocycles. The molecule has 1 N–H and O–H groups in total. The van der Waals surface area contributed by atoms with Crippen molar-refractivity contribution in [2.75, 3.05) is 31.1 Å². The normalized spacial score (nSPS) is 18.6. The summed E-state index contributed by atoms with van der Waals surface area (Å²) in [7, 11) is -2.96. The lowest BCUT2D eigenvalue weighted by atomic mass is 10.1. The molecule has 0 saturated carbocycles. The third-order valence-electron chi connectivity index (χ3n) is 4.14. The van der Waals surface area contributed by atoms with Crippen LogP contribution >= 0.6 is 11.3 Å². The van der Waals surface area contributed by atoms with Gasteiger partial charge in [-0.1, -0.05) is 18.2 Å². The van der Waals surface area contributed by atoms with Crippen LogP contribution in [0.5, 0.6) is 0 Å². The van der Waals surface area contributed by atoms with Crippen LogP contribution in [0.15, 0.2) is 41.8 Å². The first-order valence-corrected chi connectivity index (χ1v) is 10.6. The van der Waals surface area contributed by atoms with Gasteiger partial charge >= 0.3 is 0 Å². The van der Waals surface area contributed by atoms with Crippen LogP contribution in [-0.4, -0.2) is 50.4 Å². The summed E-state index contributed by atoms with van der Waals surface area (Å²) in [6, 6.07) is 9.54. The average Bonchev–Trinajstić information content (AvgIpc) is 3.10. The predicted octanol–water partition coefficient (Wildman–Crippen LogP) is 1.82. The molecule has 3 rings (SSSR count). The second-order valence-electron chi connectivity index (χ2n) is 6.00. The smallest absolute Gasteiger partial charge is 0.234 e. The van der Waals surface area contributed by atoms with E-state index in [0.29, 0.717) is 13.1 Å². The quantitative estimate of drug-likeness (QED) is 0.857. The molecular weight excluding hydrogens is 363 g/mol. The van der Waals surface area contributed by atoms with Crippen molar-refractivity contribution in [2.45, 2.75) is 6.04 Å². The average molecular weight is 382 g/mol. The summed E-state index contributed by atoms with van der Waals surface area (Å²) in [5, 5.41) is 4.91. The summed E-state index contributed by atoms with van der Waals surface area (Å²) in [5.41, 5.74) is 0.804. The molecule has 1 atom stereocenters. The maximum Gasteiger partial charge on any atom is 0.234 e. The number of nitrogens with zero attached hydrogens (tertiary/aromatic N) is 1. The molecule has 2 heterocycles. The Balaban J connectivity index is 1.68. The number of sulfone groups is 1. The van der Waals surface area contributed by atoms with Gasteiger partial charge in [0, 0.05) is 18.0 Å². The van der Waals surface area contributed by atoms with E-state index < -0.39 is 9.84 Å². The summed E-state index contributed by atoms with van der Waals surface area (Å²) >= 11 is 1.52. The number of nitrogens with one attached hydrogen (secondary N) is 1. The van der Waals surface area contributed by atoms with Crippen LogP contribution in [0.3, 0.4) is 0 Å². The van der Waals surface area contributed by atoms with Gasteiger partial charge in [-0.25, -0.2) is 12.8 Å². The van der Waals surface area contributed by atoms with Crippen molar-refractivity contribution in [1.82, 2.24) is 10.2 Å². The Kier molecular flexibility index (Phi) is 5.51. The number of hydrogen-bond acceptors (Lipinski definition) is 5. The van der Waals surface area contributed by atoms with E-state index in [1.54, 1.807) is 12.1 Å². The van der Waals surface area contributed by atoms with Crippen LogP contribution in [-0.2, 0) is 14.6 Å². The molecule has 25 heavy (non-hydrogen) atoms. The minimum absolute atomic E-state index is 0.0899. The maximum absolute atomic E-state index is 13.2. The lowest BCUT2D eigenvalue weighted by Crippen LogP contribution is -2.46. The molecule has 1 aliphatic rings. The second-order valence-corrected chi connectivity index (χ2v) is 9.28. The zero-order valence-corrected chi connectivity index (χ0v) is 15.2. The van der Waals surface area contributed by atoms with E-state index in [1.165, 1.54) is 23.5 Å². The van der Waals surface area contributed by atoms with Crippen molar-refractivity contribution in [2.24, 2.45) is 0 Å². The van der Waals surface area contributed by atoms with Gasteiger partial charge in [-0.15, -0.1) is 11.3 Å². The van der Waals surface area contributed by atoms with Crippen molar-refractivity contribution in [3.63, 3.8) is 0 Å². The summed E-state index contributed by atoms with van der Waals surface area (Å²) in [6.07, 6.45) is 0. The van der Waals surface area contributed by atoms with Crippen molar-refractivity contribution in [1.29, 1.82) is 0 Å². The molecule has 1 saturated heterocycles. The van der Waals surface area contributed by atoms with E-state index in [-0.39, 0.29) is 35.8 Å². The molecule has 5 nitrogen and oxygen atoms in total. The topological polar surface area (TPSA) is 66.5 Å². The lowest BCUT2D eigenvalue weighted by molar-refractivity contribution is -0.122. The largest absolute Gasteiger partial charge is 0.343 e. The molecule has 0 radical (unpaired) electrons. The SMILES string of the molecule is O=C(CN1CCS(=O)(=O)CC1)N[C@@H](c1ccc(F)cc1)c1cccs1. The highest BCUT2D eigenvalue weighted by atomic mass is 32.2. The van der Waals surface area contributed by atoms with Gasteiger partial charge in [-0.2, -0.15) is 0 Å². The van der Waals surface area contributed by atoms with Crippen molar-refractivity contribution in [3.8, 4) is 0 Å². The number of hydrogen-bond donors (Lipinski definition) is 1. The molecule has 0 spiro atoms. The van der Waals surface area contributed by atoms with Gasteiger partial charge in [0.25, 0.3) is 0 Å². The van der Waals surface area contributed by atoms with E-state index in [9.17, 15) is 17.6 Å². The van der Waals surface area contributed by atoms with Gasteiger partial charge in [-0.05, 0) is 29.1 Å². The number of thiophene rings is 1. The summed E-state index contributed by atoms with van der Waals surface area (Å²) < 4.78 is 36.1. The Morgan fingerprint density at radius 2 is 1.88 bits per heavy atom. The van der Waals surface area contributed by atoms with E-state index in [4.69, 9.17) is 0 Å². The van der Waals surface area contributed by atoms with Gasteiger partial charge in [0.05, 0.1) is 24.1 Å². The van der Waals surface area contributed by atoms with Gasteiger partial charge < -0.3 is 5.32 Å². The molecule has 0 unspecified atom stereocenters. The number of amides is 1. The second kappa shape index (κ2) is 7.63. The van der Waals surface area contributed by atoms with Gasteiger partial charge in [0.15, 0.2) is 9.84 Å². The molecule has 1 fully saturated rings. The fourth-order valence-electron chi connectivity index (χ4n) is 2.75. The molecule has 134 valence electrons. The predicted molar refractivity (Wildman–Crippen MR) is 95.8 cm³/mol. The zero-order valence-electron chi connectivity index (χ0n) is 13.5. The summed E-state index contributed by atoms with van der Waals surface area (Å²) in [4.78, 5) is 15.2. The van der Waals surface area contributed by atoms with Gasteiger partial charge in [0.1, 0.15) is 5.82 Å². The standard InChI is InChI=1S/C17H19FN2O3S2/c18-14-5-3-13(4-6-14)17(15-2-1-9-24-15)19-16(21)12-20-7-10-25(22,23)11-8-20/h1-6,9,17H,7-8,10-12H2,(H,19,21)/t17-/m0/s1. The van der Waals surface area contributed by atoms with E-state index in [0.717, 1.165) is 10.4 Å². The van der Waals surface area contributed by atoms with Crippen molar-refractivity contribution in [3.05, 3.63) is 58.0 Å². The highest BCUT2D eigenvalue weighted by Gasteiger charge is 2.24. The molecule has 0 aliphatic carbocycles. The van der Waals surface area contributed by atoms with E-state index >= 15 is 0 Å². The number of carbonyl (C=O) groups excluding carboxylic acids is 1. The molecule has 1 amide bonds. The van der Waals surface area contributed by atoms with Crippen molar-refractivity contribution >= 4 is 27.1 Å². The third kappa shape index (κ3) is 4.87. The molecular formula is C17H19FN2O3S2. The summed E-state index contributed by atoms with van der Waals surface area (Å²) in [5.74, 6) is -0.323. The summed E-state index contributed by atoms with van der Waals surface area (Å²) in [6.45, 7) is 0.893. The maximum atomic E-state index is 13.2. The van der Waals surface area contributed by atoms with Crippen LogP contribution in [0.2, 0.25) is 0 Å². The molecule has 2 aromatic rings. The van der Waals surface area contributed by atoms with Gasteiger partial charge in [0.2, 0.25) is 5.91 Å². The Labute approximate surface area is 150 Å². The lowest BCUT2D eigenvalue weighted by Gasteiger charge is -2.27. The first-order valence-electron chi connectivity index (χ1n) is 7.94. The van der Waals surface area contributed by atoms with Crippen LogP contribution in [0.4, 0.5) is 4.39 Å². The third-order valence-corrected chi connectivity index (χ3v) is 6.69. The number of halogens is 1. The first kappa shape index (κ1) is 18.0. The monoisotopic (exact) mass is 382 g/mol. The van der Waals surface area contributed by atoms with E-state index in [1.807, 2.05) is 22.4 Å². The minimum atomic E-state index is -2.96. The molecule has 8 heteroatoms.